The van der Waals surface area contributed by atoms with Crippen LogP contribution in [0, 0.1) is 5.92 Å². The minimum Gasteiger partial charge on any atom is -0.379 e. The molecule has 2 rings (SSSR count). The Morgan fingerprint density at radius 3 is 2.57 bits per heavy atom. The minimum atomic E-state index is 0.00620. The lowest BCUT2D eigenvalue weighted by molar-refractivity contribution is -0.138. The standard InChI is InChI=1S/C16H31N3O2/c1-4-6-17-15-12-21-11-14(15)16(20)19-9-7-18(8-10-19)13(3)5-2/h13-15,17H,4-12H2,1-3H3. The van der Waals surface area contributed by atoms with Crippen LogP contribution in [-0.4, -0.2) is 73.7 Å². The Kier molecular flexibility index (Phi) is 6.45. The van der Waals surface area contributed by atoms with E-state index in [2.05, 4.69) is 31.0 Å². The molecule has 3 unspecified atom stereocenters. The van der Waals surface area contributed by atoms with E-state index in [0.29, 0.717) is 19.3 Å². The minimum absolute atomic E-state index is 0.00620. The molecule has 2 aliphatic heterocycles. The van der Waals surface area contributed by atoms with Crippen LogP contribution in [0.25, 0.3) is 0 Å². The molecule has 2 fully saturated rings. The van der Waals surface area contributed by atoms with Crippen LogP contribution in [0.3, 0.4) is 0 Å². The molecule has 0 aromatic heterocycles. The third kappa shape index (κ3) is 4.18. The van der Waals surface area contributed by atoms with Crippen molar-refractivity contribution in [3.05, 3.63) is 0 Å². The highest BCUT2D eigenvalue weighted by Gasteiger charge is 2.37. The summed E-state index contributed by atoms with van der Waals surface area (Å²) in [6.07, 6.45) is 2.26. The Labute approximate surface area is 129 Å². The largest absolute Gasteiger partial charge is 0.379 e. The van der Waals surface area contributed by atoms with Crippen LogP contribution >= 0.6 is 0 Å². The molecular formula is C16H31N3O2. The zero-order valence-corrected chi connectivity index (χ0v) is 13.8. The lowest BCUT2D eigenvalue weighted by atomic mass is 10.0. The van der Waals surface area contributed by atoms with Crippen molar-refractivity contribution in [1.29, 1.82) is 0 Å². The van der Waals surface area contributed by atoms with E-state index in [0.717, 1.165) is 39.1 Å². The SMILES string of the molecule is CCCNC1COCC1C(=O)N1CCN(C(C)CC)CC1. The first kappa shape index (κ1) is 16.7. The van der Waals surface area contributed by atoms with Crippen molar-refractivity contribution in [2.75, 3.05) is 45.9 Å². The monoisotopic (exact) mass is 297 g/mol. The number of nitrogens with one attached hydrogen (secondary N) is 1. The third-order valence-electron chi connectivity index (χ3n) is 4.89. The number of carbonyl (C=O) groups is 1. The highest BCUT2D eigenvalue weighted by molar-refractivity contribution is 5.80. The van der Waals surface area contributed by atoms with E-state index in [9.17, 15) is 4.79 Å². The molecule has 0 saturated carbocycles. The first-order valence-electron chi connectivity index (χ1n) is 8.51. The van der Waals surface area contributed by atoms with Gasteiger partial charge in [0.1, 0.15) is 0 Å². The van der Waals surface area contributed by atoms with Crippen molar-refractivity contribution in [3.8, 4) is 0 Å². The summed E-state index contributed by atoms with van der Waals surface area (Å²) in [6.45, 7) is 12.6. The van der Waals surface area contributed by atoms with Crippen LogP contribution in [0.1, 0.15) is 33.6 Å². The van der Waals surface area contributed by atoms with Crippen molar-refractivity contribution in [3.63, 3.8) is 0 Å². The van der Waals surface area contributed by atoms with Gasteiger partial charge in [0.25, 0.3) is 0 Å². The van der Waals surface area contributed by atoms with E-state index < -0.39 is 0 Å². The molecular weight excluding hydrogens is 266 g/mol. The molecule has 2 aliphatic rings. The summed E-state index contributed by atoms with van der Waals surface area (Å²) >= 11 is 0. The topological polar surface area (TPSA) is 44.8 Å². The Morgan fingerprint density at radius 1 is 1.24 bits per heavy atom. The van der Waals surface area contributed by atoms with Crippen LogP contribution in [0.5, 0.6) is 0 Å². The number of hydrogen-bond acceptors (Lipinski definition) is 4. The molecule has 2 saturated heterocycles. The van der Waals surface area contributed by atoms with Gasteiger partial charge in [-0.1, -0.05) is 13.8 Å². The lowest BCUT2D eigenvalue weighted by Crippen LogP contribution is -2.54. The smallest absolute Gasteiger partial charge is 0.229 e. The Bertz CT molecular complexity index is 329. The van der Waals surface area contributed by atoms with Crippen molar-refractivity contribution in [1.82, 2.24) is 15.1 Å². The summed E-state index contributed by atoms with van der Waals surface area (Å²) in [4.78, 5) is 17.2. The van der Waals surface area contributed by atoms with Gasteiger partial charge in [-0.05, 0) is 26.3 Å². The zero-order chi connectivity index (χ0) is 15.2. The van der Waals surface area contributed by atoms with Crippen LogP contribution < -0.4 is 5.32 Å². The molecule has 0 radical (unpaired) electrons. The van der Waals surface area contributed by atoms with Gasteiger partial charge < -0.3 is 15.0 Å². The van der Waals surface area contributed by atoms with Gasteiger partial charge in [-0.2, -0.15) is 0 Å². The molecule has 0 aliphatic carbocycles. The summed E-state index contributed by atoms with van der Waals surface area (Å²) in [5, 5.41) is 3.45. The summed E-state index contributed by atoms with van der Waals surface area (Å²) in [5.74, 6) is 0.289. The highest BCUT2D eigenvalue weighted by atomic mass is 16.5. The van der Waals surface area contributed by atoms with Crippen molar-refractivity contribution >= 4 is 5.91 Å². The van der Waals surface area contributed by atoms with E-state index in [1.807, 2.05) is 4.90 Å². The number of rotatable bonds is 6. The highest BCUT2D eigenvalue weighted by Crippen LogP contribution is 2.19. The van der Waals surface area contributed by atoms with Gasteiger partial charge in [0.15, 0.2) is 0 Å². The second kappa shape index (κ2) is 8.11. The molecule has 1 amide bonds. The number of ether oxygens (including phenoxy) is 1. The maximum absolute atomic E-state index is 12.7. The Hall–Kier alpha value is -0.650. The predicted octanol–water partition coefficient (Wildman–Crippen LogP) is 0.944. The van der Waals surface area contributed by atoms with Crippen molar-refractivity contribution in [2.24, 2.45) is 5.92 Å². The van der Waals surface area contributed by atoms with Gasteiger partial charge >= 0.3 is 0 Å². The predicted molar refractivity (Wildman–Crippen MR) is 84.3 cm³/mol. The van der Waals surface area contributed by atoms with Gasteiger partial charge in [-0.15, -0.1) is 0 Å². The average Bonchev–Trinajstić information content (AvgIpc) is 3.00. The molecule has 0 aromatic carbocycles. The van der Waals surface area contributed by atoms with Crippen LogP contribution in [0.2, 0.25) is 0 Å². The molecule has 21 heavy (non-hydrogen) atoms. The van der Waals surface area contributed by atoms with E-state index in [4.69, 9.17) is 4.74 Å². The summed E-state index contributed by atoms with van der Waals surface area (Å²) < 4.78 is 5.54. The lowest BCUT2D eigenvalue weighted by Gasteiger charge is -2.39. The molecule has 3 atom stereocenters. The maximum Gasteiger partial charge on any atom is 0.229 e. The average molecular weight is 297 g/mol. The van der Waals surface area contributed by atoms with E-state index >= 15 is 0 Å². The fourth-order valence-corrected chi connectivity index (χ4v) is 3.20. The molecule has 5 nitrogen and oxygen atoms in total. The normalized spacial score (nSPS) is 28.8. The van der Waals surface area contributed by atoms with E-state index in [-0.39, 0.29) is 17.9 Å². The number of piperazine rings is 1. The van der Waals surface area contributed by atoms with Gasteiger partial charge in [-0.25, -0.2) is 0 Å². The Balaban J connectivity index is 1.83. The van der Waals surface area contributed by atoms with Crippen LogP contribution in [0.4, 0.5) is 0 Å². The Morgan fingerprint density at radius 2 is 1.95 bits per heavy atom. The maximum atomic E-state index is 12.7. The fourth-order valence-electron chi connectivity index (χ4n) is 3.20. The fraction of sp³-hybridized carbons (Fsp3) is 0.938. The van der Waals surface area contributed by atoms with Crippen LogP contribution in [0.15, 0.2) is 0 Å². The van der Waals surface area contributed by atoms with E-state index in [1.165, 1.54) is 6.42 Å². The number of carbonyl (C=O) groups excluding carboxylic acids is 1. The number of amides is 1. The van der Waals surface area contributed by atoms with Crippen molar-refractivity contribution in [2.45, 2.75) is 45.7 Å². The van der Waals surface area contributed by atoms with Crippen molar-refractivity contribution < 1.29 is 9.53 Å². The first-order valence-corrected chi connectivity index (χ1v) is 8.51. The van der Waals surface area contributed by atoms with Gasteiger partial charge in [0.05, 0.1) is 19.1 Å². The molecule has 5 heteroatoms. The third-order valence-corrected chi connectivity index (χ3v) is 4.89. The van der Waals surface area contributed by atoms with Gasteiger partial charge in [0.2, 0.25) is 5.91 Å². The number of hydrogen-bond donors (Lipinski definition) is 1. The zero-order valence-electron chi connectivity index (χ0n) is 13.8. The number of nitrogens with zero attached hydrogens (tertiary/aromatic N) is 2. The van der Waals surface area contributed by atoms with E-state index in [1.54, 1.807) is 0 Å². The molecule has 0 aromatic rings. The second-order valence-corrected chi connectivity index (χ2v) is 6.32. The van der Waals surface area contributed by atoms with Gasteiger partial charge in [0, 0.05) is 38.3 Å². The second-order valence-electron chi connectivity index (χ2n) is 6.32. The summed E-state index contributed by atoms with van der Waals surface area (Å²) in [6, 6.07) is 0.820. The molecule has 2 heterocycles. The molecule has 0 bridgehead atoms. The molecule has 122 valence electrons. The first-order chi connectivity index (χ1) is 10.2. The molecule has 1 N–H and O–H groups in total. The summed E-state index contributed by atoms with van der Waals surface area (Å²) in [7, 11) is 0. The summed E-state index contributed by atoms with van der Waals surface area (Å²) in [5.41, 5.74) is 0. The van der Waals surface area contributed by atoms with Crippen LogP contribution in [-0.2, 0) is 9.53 Å². The quantitative estimate of drug-likeness (QED) is 0.793. The molecule has 0 spiro atoms. The van der Waals surface area contributed by atoms with Gasteiger partial charge in [-0.3, -0.25) is 9.69 Å².